The maximum atomic E-state index is 10.9. The Labute approximate surface area is 138 Å². The van der Waals surface area contributed by atoms with Gasteiger partial charge in [-0.25, -0.2) is 0 Å². The van der Waals surface area contributed by atoms with E-state index in [-0.39, 0.29) is 11.9 Å². The van der Waals surface area contributed by atoms with Gasteiger partial charge in [-0.05, 0) is 36.5 Å². The lowest BCUT2D eigenvalue weighted by molar-refractivity contribution is -0.141. The first kappa shape index (κ1) is 18.8. The van der Waals surface area contributed by atoms with Crippen molar-refractivity contribution < 1.29 is 19.0 Å². The highest BCUT2D eigenvalue weighted by molar-refractivity contribution is 5.65. The molecule has 0 N–H and O–H groups in total. The first-order valence-corrected chi connectivity index (χ1v) is 7.68. The van der Waals surface area contributed by atoms with E-state index < -0.39 is 5.41 Å². The molecule has 126 valence electrons. The summed E-state index contributed by atoms with van der Waals surface area (Å²) in [7, 11) is 3.16. The summed E-state index contributed by atoms with van der Waals surface area (Å²) < 4.78 is 15.6. The second-order valence-corrected chi connectivity index (χ2v) is 5.75. The van der Waals surface area contributed by atoms with E-state index in [1.54, 1.807) is 14.2 Å². The van der Waals surface area contributed by atoms with Crippen LogP contribution in [0.5, 0.6) is 11.5 Å². The van der Waals surface area contributed by atoms with Crippen molar-refractivity contribution in [1.29, 1.82) is 5.26 Å². The van der Waals surface area contributed by atoms with Crippen LogP contribution in [0.3, 0.4) is 0 Å². The molecule has 5 heteroatoms. The average molecular weight is 319 g/mol. The highest BCUT2D eigenvalue weighted by Gasteiger charge is 2.36. The van der Waals surface area contributed by atoms with Gasteiger partial charge < -0.3 is 14.2 Å². The zero-order valence-electron chi connectivity index (χ0n) is 14.5. The molecule has 0 aliphatic carbocycles. The van der Waals surface area contributed by atoms with Crippen LogP contribution in [-0.2, 0) is 14.9 Å². The normalized spacial score (nSPS) is 13.1. The monoisotopic (exact) mass is 319 g/mol. The molecule has 0 spiro atoms. The molecule has 0 amide bonds. The molecule has 0 saturated heterocycles. The number of nitriles is 1. The Morgan fingerprint density at radius 3 is 2.39 bits per heavy atom. The Balaban J connectivity index is 3.10. The fourth-order valence-corrected chi connectivity index (χ4v) is 2.70. The van der Waals surface area contributed by atoms with E-state index in [4.69, 9.17) is 14.2 Å². The lowest BCUT2D eigenvalue weighted by Gasteiger charge is -2.32. The van der Waals surface area contributed by atoms with Gasteiger partial charge in [-0.2, -0.15) is 5.26 Å². The second-order valence-electron chi connectivity index (χ2n) is 5.75. The molecular formula is C18H25NO4. The van der Waals surface area contributed by atoms with Gasteiger partial charge in [-0.1, -0.05) is 19.9 Å². The number of carbonyl (C=O) groups excluding carboxylic acids is 1. The third-order valence-electron chi connectivity index (χ3n) is 4.10. The van der Waals surface area contributed by atoms with Crippen LogP contribution in [0.2, 0.25) is 0 Å². The van der Waals surface area contributed by atoms with E-state index in [9.17, 15) is 10.1 Å². The van der Waals surface area contributed by atoms with E-state index in [1.807, 2.05) is 32.0 Å². The molecule has 0 aromatic heterocycles. The van der Waals surface area contributed by atoms with Gasteiger partial charge in [0.2, 0.25) is 0 Å². The lowest BCUT2D eigenvalue weighted by atomic mass is 9.70. The van der Waals surface area contributed by atoms with Gasteiger partial charge in [0.15, 0.2) is 11.5 Å². The van der Waals surface area contributed by atoms with E-state index >= 15 is 0 Å². The molecule has 1 rings (SSSR count). The summed E-state index contributed by atoms with van der Waals surface area (Å²) in [6, 6.07) is 8.04. The van der Waals surface area contributed by atoms with Gasteiger partial charge >= 0.3 is 5.97 Å². The first-order valence-electron chi connectivity index (χ1n) is 7.68. The predicted octanol–water partition coefficient (Wildman–Crippen LogP) is 3.46. The quantitative estimate of drug-likeness (QED) is 0.542. The third-order valence-corrected chi connectivity index (χ3v) is 4.10. The Bertz CT molecular complexity index is 577. The molecule has 0 radical (unpaired) electrons. The van der Waals surface area contributed by atoms with E-state index in [1.165, 1.54) is 6.92 Å². The number of ether oxygens (including phenoxy) is 3. The molecule has 23 heavy (non-hydrogen) atoms. The minimum absolute atomic E-state index is 0.0999. The number of hydrogen-bond donors (Lipinski definition) is 0. The summed E-state index contributed by atoms with van der Waals surface area (Å²) >= 11 is 0. The summed E-state index contributed by atoms with van der Waals surface area (Å²) in [5.74, 6) is 1.03. The predicted molar refractivity (Wildman–Crippen MR) is 87.5 cm³/mol. The van der Waals surface area contributed by atoms with E-state index in [2.05, 4.69) is 6.07 Å². The molecule has 0 bridgehead atoms. The smallest absolute Gasteiger partial charge is 0.302 e. The highest BCUT2D eigenvalue weighted by atomic mass is 16.5. The van der Waals surface area contributed by atoms with Gasteiger partial charge in [0.05, 0.1) is 32.3 Å². The average Bonchev–Trinajstić information content (AvgIpc) is 2.54. The largest absolute Gasteiger partial charge is 0.493 e. The fraction of sp³-hybridized carbons (Fsp3) is 0.556. The van der Waals surface area contributed by atoms with Gasteiger partial charge in [0.1, 0.15) is 0 Å². The number of benzene rings is 1. The molecular weight excluding hydrogens is 294 g/mol. The maximum absolute atomic E-state index is 10.9. The van der Waals surface area contributed by atoms with Crippen LogP contribution in [0.1, 0.15) is 39.2 Å². The van der Waals surface area contributed by atoms with Crippen molar-refractivity contribution in [3.63, 3.8) is 0 Å². The Hall–Kier alpha value is -2.22. The minimum atomic E-state index is -0.667. The molecule has 1 unspecified atom stereocenters. The summed E-state index contributed by atoms with van der Waals surface area (Å²) in [6.45, 7) is 5.74. The number of rotatable bonds is 8. The van der Waals surface area contributed by atoms with Crippen molar-refractivity contribution in [2.24, 2.45) is 5.92 Å². The SMILES string of the molecule is COc1ccc(C(C#N)(CCCOC(C)=O)C(C)C)cc1OC. The molecule has 1 atom stereocenters. The molecule has 1 aromatic carbocycles. The molecule has 0 aliphatic heterocycles. The molecule has 0 saturated carbocycles. The van der Waals surface area contributed by atoms with Crippen molar-refractivity contribution >= 4 is 5.97 Å². The van der Waals surface area contributed by atoms with Crippen LogP contribution >= 0.6 is 0 Å². The Kier molecular flexibility index (Phi) is 6.89. The number of hydrogen-bond acceptors (Lipinski definition) is 5. The minimum Gasteiger partial charge on any atom is -0.493 e. The van der Waals surface area contributed by atoms with Gasteiger partial charge in [0.25, 0.3) is 0 Å². The molecule has 0 aliphatic rings. The lowest BCUT2D eigenvalue weighted by Crippen LogP contribution is -2.31. The van der Waals surface area contributed by atoms with Crippen LogP contribution in [0.15, 0.2) is 18.2 Å². The number of carbonyl (C=O) groups is 1. The van der Waals surface area contributed by atoms with Crippen LogP contribution in [0, 0.1) is 17.2 Å². The second kappa shape index (κ2) is 8.42. The molecule has 0 fully saturated rings. The molecule has 0 heterocycles. The number of methoxy groups -OCH3 is 2. The molecule has 5 nitrogen and oxygen atoms in total. The zero-order valence-corrected chi connectivity index (χ0v) is 14.5. The van der Waals surface area contributed by atoms with Gasteiger partial charge in [-0.3, -0.25) is 4.79 Å². The van der Waals surface area contributed by atoms with Gasteiger partial charge in [0, 0.05) is 6.92 Å². The number of nitrogens with zero attached hydrogens (tertiary/aromatic N) is 1. The summed E-state index contributed by atoms with van der Waals surface area (Å²) in [4.78, 5) is 10.9. The molecule has 1 aromatic rings. The van der Waals surface area contributed by atoms with Crippen molar-refractivity contribution in [3.8, 4) is 17.6 Å². The van der Waals surface area contributed by atoms with E-state index in [0.717, 1.165) is 5.56 Å². The highest BCUT2D eigenvalue weighted by Crippen LogP contribution is 2.40. The topological polar surface area (TPSA) is 68.5 Å². The summed E-state index contributed by atoms with van der Waals surface area (Å²) in [5.41, 5.74) is 0.218. The van der Waals surface area contributed by atoms with Crippen LogP contribution in [-0.4, -0.2) is 26.8 Å². The maximum Gasteiger partial charge on any atom is 0.302 e. The Morgan fingerprint density at radius 2 is 1.91 bits per heavy atom. The third kappa shape index (κ3) is 4.38. The summed E-state index contributed by atoms with van der Waals surface area (Å²) in [5, 5.41) is 9.87. The number of esters is 1. The van der Waals surface area contributed by atoms with Crippen molar-refractivity contribution in [2.75, 3.05) is 20.8 Å². The van der Waals surface area contributed by atoms with Crippen molar-refractivity contribution in [3.05, 3.63) is 23.8 Å². The van der Waals surface area contributed by atoms with Crippen molar-refractivity contribution in [1.82, 2.24) is 0 Å². The van der Waals surface area contributed by atoms with E-state index in [0.29, 0.717) is 30.9 Å². The standard InChI is InChI=1S/C18H25NO4/c1-13(2)18(12-19,9-6-10-23-14(3)20)15-7-8-16(21-4)17(11-15)22-5/h7-8,11,13H,6,9-10H2,1-5H3. The zero-order chi connectivity index (χ0) is 17.5. The van der Waals surface area contributed by atoms with Gasteiger partial charge in [-0.15, -0.1) is 0 Å². The Morgan fingerprint density at radius 1 is 1.26 bits per heavy atom. The summed E-state index contributed by atoms with van der Waals surface area (Å²) in [6.07, 6.45) is 1.23. The van der Waals surface area contributed by atoms with Crippen molar-refractivity contribution in [2.45, 2.75) is 39.0 Å². The van der Waals surface area contributed by atoms with Crippen LogP contribution < -0.4 is 9.47 Å². The first-order chi connectivity index (χ1) is 10.9. The van der Waals surface area contributed by atoms with Crippen LogP contribution in [0.25, 0.3) is 0 Å². The van der Waals surface area contributed by atoms with Crippen LogP contribution in [0.4, 0.5) is 0 Å². The fourth-order valence-electron chi connectivity index (χ4n) is 2.70.